The van der Waals surface area contributed by atoms with E-state index in [1.54, 1.807) is 4.90 Å². The summed E-state index contributed by atoms with van der Waals surface area (Å²) in [4.78, 5) is 51.4. The molecule has 2 amide bonds. The van der Waals surface area contributed by atoms with E-state index in [1.807, 2.05) is 0 Å². The first-order valence-corrected chi connectivity index (χ1v) is 6.25. The van der Waals surface area contributed by atoms with Crippen LogP contribution in [0.3, 0.4) is 0 Å². The van der Waals surface area contributed by atoms with Crippen molar-refractivity contribution in [3.8, 4) is 0 Å². The van der Waals surface area contributed by atoms with Crippen molar-refractivity contribution in [1.29, 1.82) is 0 Å². The van der Waals surface area contributed by atoms with Crippen LogP contribution in [0.5, 0.6) is 0 Å². The second-order valence-corrected chi connectivity index (χ2v) is 4.59. The Labute approximate surface area is 115 Å². The van der Waals surface area contributed by atoms with E-state index >= 15 is 0 Å². The number of carbonyl (C=O) groups is 4. The molecule has 1 saturated heterocycles. The Bertz CT molecular complexity index is 556. The number of hydrogen-bond acceptors (Lipinski definition) is 4. The molecular weight excluding hydrogens is 262 g/mol. The largest absolute Gasteiger partial charge is 0.358 e. The summed E-state index contributed by atoms with van der Waals surface area (Å²) in [5, 5.41) is 0. The van der Waals surface area contributed by atoms with Crippen molar-refractivity contribution in [2.45, 2.75) is 6.92 Å². The van der Waals surface area contributed by atoms with Crippen LogP contribution < -0.4 is 0 Å². The molecule has 0 aromatic carbocycles. The van der Waals surface area contributed by atoms with E-state index < -0.39 is 11.7 Å². The summed E-state index contributed by atoms with van der Waals surface area (Å²) in [5.41, 5.74) is 0.425. The van der Waals surface area contributed by atoms with Gasteiger partial charge >= 0.3 is 0 Å². The van der Waals surface area contributed by atoms with Crippen LogP contribution in [-0.2, 0) is 9.59 Å². The first-order chi connectivity index (χ1) is 9.52. The van der Waals surface area contributed by atoms with Gasteiger partial charge in [0.2, 0.25) is 5.91 Å². The molecule has 1 aliphatic heterocycles. The first kappa shape index (κ1) is 14.0. The molecule has 0 radical (unpaired) electrons. The van der Waals surface area contributed by atoms with Crippen LogP contribution in [0.1, 0.15) is 27.8 Å². The molecule has 7 heteroatoms. The lowest BCUT2D eigenvalue weighted by atomic mass is 10.1. The molecule has 20 heavy (non-hydrogen) atoms. The van der Waals surface area contributed by atoms with E-state index in [1.165, 1.54) is 24.1 Å². The third-order valence-electron chi connectivity index (χ3n) is 3.30. The van der Waals surface area contributed by atoms with Gasteiger partial charge in [0.1, 0.15) is 0 Å². The SMILES string of the molecule is CC(=O)N1CCN(C(=O)C(=O)c2c[nH]c(C=O)c2)CC1. The molecule has 0 saturated carbocycles. The molecule has 0 unspecified atom stereocenters. The van der Waals surface area contributed by atoms with Crippen molar-refractivity contribution in [3.05, 3.63) is 23.5 Å². The summed E-state index contributed by atoms with van der Waals surface area (Å²) in [6.07, 6.45) is 1.92. The van der Waals surface area contributed by atoms with E-state index in [9.17, 15) is 19.2 Å². The number of ketones is 1. The summed E-state index contributed by atoms with van der Waals surface area (Å²) in [5.74, 6) is -1.29. The number of nitrogens with zero attached hydrogens (tertiary/aromatic N) is 2. The van der Waals surface area contributed by atoms with Crippen LogP contribution in [-0.4, -0.2) is 64.8 Å². The number of rotatable bonds is 3. The third kappa shape index (κ3) is 2.76. The van der Waals surface area contributed by atoms with Gasteiger partial charge < -0.3 is 14.8 Å². The van der Waals surface area contributed by atoms with Gasteiger partial charge in [0.25, 0.3) is 11.7 Å². The number of aldehydes is 1. The van der Waals surface area contributed by atoms with Crippen LogP contribution in [0.4, 0.5) is 0 Å². The summed E-state index contributed by atoms with van der Waals surface area (Å²) >= 11 is 0. The Hall–Kier alpha value is -2.44. The van der Waals surface area contributed by atoms with Crippen molar-refractivity contribution in [1.82, 2.24) is 14.8 Å². The molecule has 1 aromatic rings. The standard InChI is InChI=1S/C13H15N3O4/c1-9(18)15-2-4-16(5-3-15)13(20)12(19)10-6-11(8-17)14-7-10/h6-8,14H,2-5H2,1H3. The van der Waals surface area contributed by atoms with Crippen molar-refractivity contribution >= 4 is 23.9 Å². The van der Waals surface area contributed by atoms with Gasteiger partial charge in [0.15, 0.2) is 6.29 Å². The smallest absolute Gasteiger partial charge is 0.295 e. The molecule has 0 bridgehead atoms. The van der Waals surface area contributed by atoms with Crippen molar-refractivity contribution in [3.63, 3.8) is 0 Å². The number of aromatic nitrogens is 1. The Kier molecular flexibility index (Phi) is 3.97. The normalized spacial score (nSPS) is 15.1. The zero-order chi connectivity index (χ0) is 14.7. The highest BCUT2D eigenvalue weighted by atomic mass is 16.2. The zero-order valence-corrected chi connectivity index (χ0v) is 11.1. The second-order valence-electron chi connectivity index (χ2n) is 4.59. The molecule has 0 spiro atoms. The zero-order valence-electron chi connectivity index (χ0n) is 11.1. The lowest BCUT2D eigenvalue weighted by molar-refractivity contribution is -0.135. The molecule has 1 aliphatic rings. The fourth-order valence-electron chi connectivity index (χ4n) is 2.10. The van der Waals surface area contributed by atoms with Gasteiger partial charge in [-0.1, -0.05) is 0 Å². The van der Waals surface area contributed by atoms with Crippen LogP contribution >= 0.6 is 0 Å². The van der Waals surface area contributed by atoms with Gasteiger partial charge in [-0.15, -0.1) is 0 Å². The Morgan fingerprint density at radius 1 is 1.15 bits per heavy atom. The van der Waals surface area contributed by atoms with Crippen molar-refractivity contribution < 1.29 is 19.2 Å². The molecule has 7 nitrogen and oxygen atoms in total. The second kappa shape index (κ2) is 5.68. The Balaban J connectivity index is 1.99. The van der Waals surface area contributed by atoms with Gasteiger partial charge in [0, 0.05) is 44.9 Å². The highest BCUT2D eigenvalue weighted by Gasteiger charge is 2.27. The summed E-state index contributed by atoms with van der Waals surface area (Å²) < 4.78 is 0. The van der Waals surface area contributed by atoms with Crippen molar-refractivity contribution in [2.24, 2.45) is 0 Å². The van der Waals surface area contributed by atoms with Crippen LogP contribution in [0.25, 0.3) is 0 Å². The molecule has 106 valence electrons. The summed E-state index contributed by atoms with van der Waals surface area (Å²) in [6.45, 7) is 3.02. The van der Waals surface area contributed by atoms with E-state index in [-0.39, 0.29) is 17.2 Å². The molecule has 1 aromatic heterocycles. The maximum atomic E-state index is 12.0. The molecule has 0 atom stereocenters. The first-order valence-electron chi connectivity index (χ1n) is 6.25. The number of H-pyrrole nitrogens is 1. The van der Waals surface area contributed by atoms with Gasteiger partial charge in [-0.05, 0) is 6.07 Å². The predicted octanol–water partition coefficient (Wildman–Crippen LogP) is -0.299. The minimum Gasteiger partial charge on any atom is -0.358 e. The minimum atomic E-state index is -0.648. The van der Waals surface area contributed by atoms with Crippen LogP contribution in [0.2, 0.25) is 0 Å². The van der Waals surface area contributed by atoms with Crippen LogP contribution in [0, 0.1) is 0 Å². The molecule has 1 N–H and O–H groups in total. The summed E-state index contributed by atoms with van der Waals surface area (Å²) in [6, 6.07) is 1.35. The molecular formula is C13H15N3O4. The van der Waals surface area contributed by atoms with E-state index in [0.717, 1.165) is 0 Å². The van der Waals surface area contributed by atoms with E-state index in [2.05, 4.69) is 4.98 Å². The topological polar surface area (TPSA) is 90.6 Å². The quantitative estimate of drug-likeness (QED) is 0.466. The van der Waals surface area contributed by atoms with Crippen molar-refractivity contribution in [2.75, 3.05) is 26.2 Å². The average molecular weight is 277 g/mol. The average Bonchev–Trinajstić information content (AvgIpc) is 2.94. The van der Waals surface area contributed by atoms with E-state index in [0.29, 0.717) is 32.5 Å². The molecule has 1 fully saturated rings. The Morgan fingerprint density at radius 2 is 1.75 bits per heavy atom. The highest BCUT2D eigenvalue weighted by molar-refractivity contribution is 6.42. The maximum Gasteiger partial charge on any atom is 0.295 e. The number of hydrogen-bond donors (Lipinski definition) is 1. The number of carbonyl (C=O) groups excluding carboxylic acids is 4. The van der Waals surface area contributed by atoms with Gasteiger partial charge in [0.05, 0.1) is 5.69 Å². The van der Waals surface area contributed by atoms with Gasteiger partial charge in [-0.25, -0.2) is 0 Å². The molecule has 2 rings (SSSR count). The lowest BCUT2D eigenvalue weighted by Gasteiger charge is -2.33. The third-order valence-corrected chi connectivity index (χ3v) is 3.30. The summed E-state index contributed by atoms with van der Waals surface area (Å²) in [7, 11) is 0. The fraction of sp³-hybridized carbons (Fsp3) is 0.385. The molecule has 0 aliphatic carbocycles. The number of piperazine rings is 1. The fourth-order valence-corrected chi connectivity index (χ4v) is 2.10. The molecule has 2 heterocycles. The number of aromatic amines is 1. The predicted molar refractivity (Wildman–Crippen MR) is 69.3 cm³/mol. The maximum absolute atomic E-state index is 12.0. The minimum absolute atomic E-state index is 0.0373. The Morgan fingerprint density at radius 3 is 2.25 bits per heavy atom. The number of Topliss-reactive ketones (excluding diaryl/α,β-unsaturated/α-hetero) is 1. The van der Waals surface area contributed by atoms with Crippen LogP contribution in [0.15, 0.2) is 12.3 Å². The number of nitrogens with one attached hydrogen (secondary N) is 1. The van der Waals surface area contributed by atoms with Gasteiger partial charge in [-0.2, -0.15) is 0 Å². The van der Waals surface area contributed by atoms with Gasteiger partial charge in [-0.3, -0.25) is 19.2 Å². The van der Waals surface area contributed by atoms with E-state index in [4.69, 9.17) is 0 Å². The lowest BCUT2D eigenvalue weighted by Crippen LogP contribution is -2.51. The highest BCUT2D eigenvalue weighted by Crippen LogP contribution is 2.08. The number of amides is 2. The monoisotopic (exact) mass is 277 g/mol.